The Balaban J connectivity index is 1.78. The van der Waals surface area contributed by atoms with Crippen molar-refractivity contribution in [3.8, 4) is 5.75 Å². The van der Waals surface area contributed by atoms with Crippen molar-refractivity contribution in [2.45, 2.75) is 6.42 Å². The summed E-state index contributed by atoms with van der Waals surface area (Å²) in [4.78, 5) is 37.0. The van der Waals surface area contributed by atoms with Crippen LogP contribution in [0.4, 0.5) is 4.39 Å². The second kappa shape index (κ2) is 6.51. The molecule has 1 amide bonds. The number of benzene rings is 1. The molecule has 1 saturated heterocycles. The van der Waals surface area contributed by atoms with Crippen LogP contribution in [0.25, 0.3) is 0 Å². The quantitative estimate of drug-likeness (QED) is 0.470. The molecule has 1 atom stereocenters. The van der Waals surface area contributed by atoms with Crippen molar-refractivity contribution in [1.82, 2.24) is 4.90 Å². The Morgan fingerprint density at radius 2 is 2.08 bits per heavy atom. The van der Waals surface area contributed by atoms with E-state index >= 15 is 0 Å². The molecule has 0 aliphatic carbocycles. The first kappa shape index (κ1) is 16.9. The maximum absolute atomic E-state index is 13.2. The Morgan fingerprint density at radius 1 is 1.32 bits per heavy atom. The van der Waals surface area contributed by atoms with Gasteiger partial charge in [0.15, 0.2) is 5.76 Å². The molecule has 0 N–H and O–H groups in total. The second-order valence-corrected chi connectivity index (χ2v) is 5.87. The lowest BCUT2D eigenvalue weighted by molar-refractivity contribution is -0.139. The third-order valence-corrected chi connectivity index (χ3v) is 4.17. The van der Waals surface area contributed by atoms with E-state index in [1.54, 1.807) is 12.1 Å². The molecule has 2 heterocycles. The van der Waals surface area contributed by atoms with Crippen molar-refractivity contribution in [3.63, 3.8) is 0 Å². The Morgan fingerprint density at radius 3 is 2.72 bits per heavy atom. The number of furan rings is 1. The van der Waals surface area contributed by atoms with Gasteiger partial charge < -0.3 is 14.1 Å². The first-order chi connectivity index (χ1) is 11.9. The monoisotopic (exact) mass is 345 g/mol. The topological polar surface area (TPSA) is 76.8 Å². The standard InChI is InChI=1S/C18H16FNO5/c1-20-9-13(17(22)18(20)23)16(21)14-6-5-12(25-14)7-10-3-4-11(19)8-15(10)24-2/h3-6,8,13H,7,9H2,1-2H3. The van der Waals surface area contributed by atoms with E-state index in [-0.39, 0.29) is 12.3 Å². The summed E-state index contributed by atoms with van der Waals surface area (Å²) in [5.41, 5.74) is 0.698. The van der Waals surface area contributed by atoms with Crippen LogP contribution in [0.2, 0.25) is 0 Å². The second-order valence-electron chi connectivity index (χ2n) is 5.87. The zero-order valence-corrected chi connectivity index (χ0v) is 13.7. The number of hydrogen-bond donors (Lipinski definition) is 0. The fourth-order valence-electron chi connectivity index (χ4n) is 2.81. The summed E-state index contributed by atoms with van der Waals surface area (Å²) in [6.07, 6.45) is 0.300. The van der Waals surface area contributed by atoms with Gasteiger partial charge in [0, 0.05) is 31.6 Å². The van der Waals surface area contributed by atoms with Crippen molar-refractivity contribution >= 4 is 17.5 Å². The van der Waals surface area contributed by atoms with Gasteiger partial charge in [-0.3, -0.25) is 14.4 Å². The molecule has 1 unspecified atom stereocenters. The molecule has 130 valence electrons. The molecule has 6 nitrogen and oxygen atoms in total. The van der Waals surface area contributed by atoms with Gasteiger partial charge in [0.05, 0.1) is 7.11 Å². The summed E-state index contributed by atoms with van der Waals surface area (Å²) < 4.78 is 23.9. The van der Waals surface area contributed by atoms with E-state index in [2.05, 4.69) is 0 Å². The number of nitrogens with zero attached hydrogens (tertiary/aromatic N) is 1. The third kappa shape index (κ3) is 3.17. The normalized spacial score (nSPS) is 17.2. The molecule has 1 aliphatic heterocycles. The number of carbonyl (C=O) groups excluding carboxylic acids is 3. The minimum absolute atomic E-state index is 0.0255. The number of Topliss-reactive ketones (excluding diaryl/α,β-unsaturated/α-hetero) is 2. The predicted octanol–water partition coefficient (Wildman–Crippen LogP) is 1.86. The first-order valence-electron chi connectivity index (χ1n) is 7.65. The summed E-state index contributed by atoms with van der Waals surface area (Å²) in [6.45, 7) is 0.0539. The molecular formula is C18H16FNO5. The number of carbonyl (C=O) groups is 3. The van der Waals surface area contributed by atoms with Crippen LogP contribution < -0.4 is 4.74 Å². The van der Waals surface area contributed by atoms with Crippen LogP contribution in [-0.2, 0) is 16.0 Å². The number of hydrogen-bond acceptors (Lipinski definition) is 5. The van der Waals surface area contributed by atoms with Crippen LogP contribution in [0.3, 0.4) is 0 Å². The molecule has 1 aliphatic rings. The highest BCUT2D eigenvalue weighted by atomic mass is 19.1. The summed E-state index contributed by atoms with van der Waals surface area (Å²) in [6, 6.07) is 7.24. The Hall–Kier alpha value is -2.96. The smallest absolute Gasteiger partial charge is 0.290 e. The van der Waals surface area contributed by atoms with E-state index in [9.17, 15) is 18.8 Å². The summed E-state index contributed by atoms with van der Waals surface area (Å²) in [5.74, 6) is -2.47. The number of amides is 1. The molecule has 3 rings (SSSR count). The Labute approximate surface area is 143 Å². The first-order valence-corrected chi connectivity index (χ1v) is 7.65. The van der Waals surface area contributed by atoms with Crippen molar-refractivity contribution in [3.05, 3.63) is 53.2 Å². The Kier molecular flexibility index (Phi) is 4.39. The minimum atomic E-state index is -1.03. The SMILES string of the molecule is COc1cc(F)ccc1Cc1ccc(C(=O)C2CN(C)C(=O)C2=O)o1. The molecule has 25 heavy (non-hydrogen) atoms. The van der Waals surface area contributed by atoms with Gasteiger partial charge in [-0.25, -0.2) is 4.39 Å². The number of ketones is 2. The van der Waals surface area contributed by atoms with Crippen LogP contribution >= 0.6 is 0 Å². The fourth-order valence-corrected chi connectivity index (χ4v) is 2.81. The fraction of sp³-hybridized carbons (Fsp3) is 0.278. The molecular weight excluding hydrogens is 329 g/mol. The van der Waals surface area contributed by atoms with E-state index < -0.39 is 29.2 Å². The lowest BCUT2D eigenvalue weighted by Gasteiger charge is -2.07. The molecule has 0 spiro atoms. The molecule has 2 aromatic rings. The van der Waals surface area contributed by atoms with E-state index in [1.165, 1.54) is 37.3 Å². The minimum Gasteiger partial charge on any atom is -0.496 e. The lowest BCUT2D eigenvalue weighted by atomic mass is 10.0. The maximum Gasteiger partial charge on any atom is 0.290 e. The van der Waals surface area contributed by atoms with Gasteiger partial charge in [0.2, 0.25) is 11.6 Å². The largest absolute Gasteiger partial charge is 0.496 e. The van der Waals surface area contributed by atoms with Gasteiger partial charge in [0.25, 0.3) is 5.91 Å². The van der Waals surface area contributed by atoms with Gasteiger partial charge in [-0.15, -0.1) is 0 Å². The molecule has 0 bridgehead atoms. The zero-order chi connectivity index (χ0) is 18.1. The van der Waals surface area contributed by atoms with Crippen LogP contribution in [0.1, 0.15) is 21.9 Å². The lowest BCUT2D eigenvalue weighted by Crippen LogP contribution is -2.23. The number of likely N-dealkylation sites (tertiary alicyclic amines) is 1. The third-order valence-electron chi connectivity index (χ3n) is 4.17. The number of ether oxygens (including phenoxy) is 1. The van der Waals surface area contributed by atoms with Crippen LogP contribution in [0.5, 0.6) is 5.75 Å². The van der Waals surface area contributed by atoms with Crippen molar-refractivity contribution in [1.29, 1.82) is 0 Å². The van der Waals surface area contributed by atoms with Crippen LogP contribution in [-0.4, -0.2) is 43.1 Å². The molecule has 7 heteroatoms. The summed E-state index contributed by atoms with van der Waals surface area (Å²) in [7, 11) is 2.91. The number of likely N-dealkylation sites (N-methyl/N-ethyl adjacent to an activating group) is 1. The van der Waals surface area contributed by atoms with E-state index in [0.29, 0.717) is 23.5 Å². The average Bonchev–Trinajstić information content (AvgIpc) is 3.16. The molecule has 1 aromatic heterocycles. The van der Waals surface area contributed by atoms with E-state index in [4.69, 9.17) is 9.15 Å². The molecule has 0 radical (unpaired) electrons. The van der Waals surface area contributed by atoms with Gasteiger partial charge >= 0.3 is 0 Å². The van der Waals surface area contributed by atoms with Gasteiger partial charge in [0.1, 0.15) is 23.2 Å². The van der Waals surface area contributed by atoms with Crippen molar-refractivity contribution in [2.75, 3.05) is 20.7 Å². The number of methoxy groups -OCH3 is 1. The molecule has 1 fully saturated rings. The van der Waals surface area contributed by atoms with Crippen LogP contribution in [0.15, 0.2) is 34.7 Å². The summed E-state index contributed by atoms with van der Waals surface area (Å²) in [5, 5.41) is 0. The highest BCUT2D eigenvalue weighted by Crippen LogP contribution is 2.25. The van der Waals surface area contributed by atoms with E-state index in [0.717, 1.165) is 0 Å². The zero-order valence-electron chi connectivity index (χ0n) is 13.7. The molecule has 0 saturated carbocycles. The highest BCUT2D eigenvalue weighted by molar-refractivity contribution is 6.43. The average molecular weight is 345 g/mol. The van der Waals surface area contributed by atoms with Gasteiger partial charge in [-0.1, -0.05) is 6.07 Å². The maximum atomic E-state index is 13.2. The van der Waals surface area contributed by atoms with Gasteiger partial charge in [-0.2, -0.15) is 0 Å². The number of halogens is 1. The summed E-state index contributed by atoms with van der Waals surface area (Å²) >= 11 is 0. The molecule has 1 aromatic carbocycles. The Bertz CT molecular complexity index is 857. The van der Waals surface area contributed by atoms with Crippen LogP contribution in [0, 0.1) is 11.7 Å². The number of rotatable bonds is 5. The van der Waals surface area contributed by atoms with Crippen molar-refractivity contribution in [2.24, 2.45) is 5.92 Å². The highest BCUT2D eigenvalue weighted by Gasteiger charge is 2.42. The predicted molar refractivity (Wildman–Crippen MR) is 84.9 cm³/mol. The van der Waals surface area contributed by atoms with Gasteiger partial charge in [-0.05, 0) is 18.2 Å². The van der Waals surface area contributed by atoms with E-state index in [1.807, 2.05) is 0 Å². The van der Waals surface area contributed by atoms with Crippen molar-refractivity contribution < 1.29 is 27.9 Å².